The van der Waals surface area contributed by atoms with Gasteiger partial charge in [0.25, 0.3) is 0 Å². The minimum absolute atomic E-state index is 0.293. The third-order valence-corrected chi connectivity index (χ3v) is 3.97. The van der Waals surface area contributed by atoms with Crippen molar-refractivity contribution in [2.75, 3.05) is 17.3 Å². The first kappa shape index (κ1) is 10.8. The first-order valence-electron chi connectivity index (χ1n) is 6.15. The molecule has 1 aromatic rings. The molecule has 2 unspecified atom stereocenters. The Morgan fingerprint density at radius 2 is 2.00 bits per heavy atom. The van der Waals surface area contributed by atoms with Gasteiger partial charge in [0, 0.05) is 25.2 Å². The van der Waals surface area contributed by atoms with E-state index in [1.54, 1.807) is 0 Å². The van der Waals surface area contributed by atoms with E-state index in [9.17, 15) is 8.78 Å². The fraction of sp³-hybridized carbons (Fsp3) is 0.538. The van der Waals surface area contributed by atoms with Crippen LogP contribution in [-0.4, -0.2) is 19.1 Å². The van der Waals surface area contributed by atoms with Crippen molar-refractivity contribution >= 4 is 11.4 Å². The van der Waals surface area contributed by atoms with Crippen LogP contribution >= 0.6 is 0 Å². The van der Waals surface area contributed by atoms with Gasteiger partial charge in [-0.2, -0.15) is 0 Å². The van der Waals surface area contributed by atoms with E-state index in [-0.39, 0.29) is 0 Å². The third kappa shape index (κ3) is 1.66. The average molecular weight is 238 g/mol. The maximum Gasteiger partial charge on any atom is 0.151 e. The highest BCUT2D eigenvalue weighted by Gasteiger charge is 2.35. The van der Waals surface area contributed by atoms with E-state index in [1.165, 1.54) is 18.9 Å². The smallest absolute Gasteiger partial charge is 0.151 e. The fourth-order valence-corrected chi connectivity index (χ4v) is 3.09. The summed E-state index contributed by atoms with van der Waals surface area (Å²) in [5.41, 5.74) is 1.10. The monoisotopic (exact) mass is 238 g/mol. The van der Waals surface area contributed by atoms with Crippen LogP contribution in [-0.2, 0) is 0 Å². The van der Waals surface area contributed by atoms with Crippen LogP contribution in [0.4, 0.5) is 20.2 Å². The van der Waals surface area contributed by atoms with E-state index in [0.717, 1.165) is 18.9 Å². The predicted octanol–water partition coefficient (Wildman–Crippen LogP) is 3.14. The van der Waals surface area contributed by atoms with Crippen molar-refractivity contribution in [3.05, 3.63) is 23.8 Å². The summed E-state index contributed by atoms with van der Waals surface area (Å²) in [5.74, 6) is -1.000. The first-order valence-corrected chi connectivity index (χ1v) is 6.15. The quantitative estimate of drug-likeness (QED) is 0.747. The Kier molecular flexibility index (Phi) is 2.45. The molecule has 0 radical (unpaired) electrons. The average Bonchev–Trinajstić information content (AvgIpc) is 2.31. The van der Waals surface area contributed by atoms with Gasteiger partial charge in [-0.1, -0.05) is 12.8 Å². The van der Waals surface area contributed by atoms with Crippen LogP contribution < -0.4 is 10.2 Å². The Labute approximate surface area is 99.6 Å². The molecule has 1 fully saturated rings. The third-order valence-electron chi connectivity index (χ3n) is 3.97. The lowest BCUT2D eigenvalue weighted by Gasteiger charge is -2.45. The molecule has 1 aromatic carbocycles. The van der Waals surface area contributed by atoms with Gasteiger partial charge in [-0.25, -0.2) is 8.78 Å². The van der Waals surface area contributed by atoms with Gasteiger partial charge < -0.3 is 10.2 Å². The molecule has 0 bridgehead atoms. The maximum absolute atomic E-state index is 13.7. The number of nitrogens with one attached hydrogen (secondary N) is 1. The zero-order chi connectivity index (χ0) is 12.0. The van der Waals surface area contributed by atoms with Gasteiger partial charge in [0.05, 0.1) is 11.4 Å². The van der Waals surface area contributed by atoms with Crippen molar-refractivity contribution in [2.45, 2.75) is 37.8 Å². The Morgan fingerprint density at radius 1 is 1.24 bits per heavy atom. The van der Waals surface area contributed by atoms with Crippen LogP contribution in [0.25, 0.3) is 0 Å². The number of hydrogen-bond acceptors (Lipinski definition) is 2. The lowest BCUT2D eigenvalue weighted by molar-refractivity contribution is 0.382. The summed E-state index contributed by atoms with van der Waals surface area (Å²) in [7, 11) is 1.93. The zero-order valence-corrected chi connectivity index (χ0v) is 9.84. The highest BCUT2D eigenvalue weighted by Crippen LogP contribution is 2.39. The number of rotatable bonds is 0. The van der Waals surface area contributed by atoms with E-state index in [4.69, 9.17) is 0 Å². The Bertz CT molecular complexity index is 447. The van der Waals surface area contributed by atoms with Crippen molar-refractivity contribution in [2.24, 2.45) is 0 Å². The molecule has 1 saturated carbocycles. The van der Waals surface area contributed by atoms with Gasteiger partial charge >= 0.3 is 0 Å². The van der Waals surface area contributed by atoms with E-state index >= 15 is 0 Å². The zero-order valence-electron chi connectivity index (χ0n) is 9.84. The molecule has 3 rings (SSSR count). The van der Waals surface area contributed by atoms with Gasteiger partial charge in [-0.15, -0.1) is 0 Å². The van der Waals surface area contributed by atoms with Gasteiger partial charge in [-0.05, 0) is 18.9 Å². The SMILES string of the molecule is CN1c2cc(F)cc(F)c2NC2CCCCC21. The van der Waals surface area contributed by atoms with Crippen LogP contribution in [0.2, 0.25) is 0 Å². The van der Waals surface area contributed by atoms with Crippen molar-refractivity contribution < 1.29 is 8.78 Å². The van der Waals surface area contributed by atoms with Crippen molar-refractivity contribution in [3.63, 3.8) is 0 Å². The van der Waals surface area contributed by atoms with Crippen LogP contribution in [0.3, 0.4) is 0 Å². The number of fused-ring (bicyclic) bond motifs is 2. The van der Waals surface area contributed by atoms with E-state index in [1.807, 2.05) is 11.9 Å². The molecular weight excluding hydrogens is 222 g/mol. The molecule has 1 aliphatic heterocycles. The van der Waals surface area contributed by atoms with Crippen LogP contribution in [0.5, 0.6) is 0 Å². The molecule has 2 nitrogen and oxygen atoms in total. The number of benzene rings is 1. The molecule has 1 heterocycles. The van der Waals surface area contributed by atoms with Crippen LogP contribution in [0.1, 0.15) is 25.7 Å². The standard InChI is InChI=1S/C13H16F2N2/c1-17-11-5-3-2-4-10(11)16-13-9(15)6-8(14)7-12(13)17/h6-7,10-11,16H,2-5H2,1H3. The normalized spacial score (nSPS) is 27.1. The molecule has 2 atom stereocenters. The maximum atomic E-state index is 13.7. The number of halogens is 2. The minimum atomic E-state index is -0.510. The highest BCUT2D eigenvalue weighted by molar-refractivity contribution is 5.74. The summed E-state index contributed by atoms with van der Waals surface area (Å²) in [6.07, 6.45) is 4.53. The lowest BCUT2D eigenvalue weighted by Crippen LogP contribution is -2.51. The molecule has 2 aliphatic rings. The summed E-state index contributed by atoms with van der Waals surface area (Å²) in [5, 5.41) is 3.24. The van der Waals surface area contributed by atoms with Crippen LogP contribution in [0, 0.1) is 11.6 Å². The first-order chi connectivity index (χ1) is 8.16. The molecule has 92 valence electrons. The Balaban J connectivity index is 2.05. The summed E-state index contributed by atoms with van der Waals surface area (Å²) < 4.78 is 27.0. The van der Waals surface area contributed by atoms with Crippen molar-refractivity contribution in [3.8, 4) is 0 Å². The fourth-order valence-electron chi connectivity index (χ4n) is 3.09. The summed E-state index contributed by atoms with van der Waals surface area (Å²) >= 11 is 0. The molecule has 0 amide bonds. The Morgan fingerprint density at radius 3 is 2.82 bits per heavy atom. The van der Waals surface area contributed by atoms with E-state index in [2.05, 4.69) is 5.32 Å². The number of likely N-dealkylation sites (N-methyl/N-ethyl adjacent to an activating group) is 1. The second-order valence-corrected chi connectivity index (χ2v) is 5.00. The molecule has 0 aromatic heterocycles. The van der Waals surface area contributed by atoms with Gasteiger partial charge in [0.15, 0.2) is 5.82 Å². The topological polar surface area (TPSA) is 15.3 Å². The Hall–Kier alpha value is -1.32. The number of hydrogen-bond donors (Lipinski definition) is 1. The van der Waals surface area contributed by atoms with Gasteiger partial charge in [0.2, 0.25) is 0 Å². The molecule has 17 heavy (non-hydrogen) atoms. The van der Waals surface area contributed by atoms with Gasteiger partial charge in [0.1, 0.15) is 5.82 Å². The second kappa shape index (κ2) is 3.86. The molecular formula is C13H16F2N2. The van der Waals surface area contributed by atoms with E-state index in [0.29, 0.717) is 23.5 Å². The lowest BCUT2D eigenvalue weighted by atomic mass is 9.87. The molecule has 0 spiro atoms. The highest BCUT2D eigenvalue weighted by atomic mass is 19.1. The largest absolute Gasteiger partial charge is 0.376 e. The molecule has 1 N–H and O–H groups in total. The molecule has 4 heteroatoms. The molecule has 0 saturated heterocycles. The summed E-state index contributed by atoms with van der Waals surface area (Å²) in [4.78, 5) is 2.03. The van der Waals surface area contributed by atoms with Crippen molar-refractivity contribution in [1.82, 2.24) is 0 Å². The van der Waals surface area contributed by atoms with Crippen LogP contribution in [0.15, 0.2) is 12.1 Å². The number of nitrogens with zero attached hydrogens (tertiary/aromatic N) is 1. The second-order valence-electron chi connectivity index (χ2n) is 5.00. The summed E-state index contributed by atoms with van der Waals surface area (Å²) in [6, 6.07) is 3.01. The van der Waals surface area contributed by atoms with Gasteiger partial charge in [-0.3, -0.25) is 0 Å². The summed E-state index contributed by atoms with van der Waals surface area (Å²) in [6.45, 7) is 0. The van der Waals surface area contributed by atoms with Crippen molar-refractivity contribution in [1.29, 1.82) is 0 Å². The van der Waals surface area contributed by atoms with E-state index < -0.39 is 11.6 Å². The minimum Gasteiger partial charge on any atom is -0.376 e. The predicted molar refractivity (Wildman–Crippen MR) is 64.4 cm³/mol. The molecule has 1 aliphatic carbocycles. The number of anilines is 2.